The molecule has 20 heavy (non-hydrogen) atoms. The summed E-state index contributed by atoms with van der Waals surface area (Å²) in [6, 6.07) is 1.82. The first kappa shape index (κ1) is 15.7. The van der Waals surface area contributed by atoms with Gasteiger partial charge < -0.3 is 4.74 Å². The van der Waals surface area contributed by atoms with Crippen LogP contribution >= 0.6 is 23.5 Å². The summed E-state index contributed by atoms with van der Waals surface area (Å²) >= 11 is 3.66. The van der Waals surface area contributed by atoms with Gasteiger partial charge in [-0.3, -0.25) is 9.78 Å². The zero-order valence-corrected chi connectivity index (χ0v) is 13.8. The van der Waals surface area contributed by atoms with E-state index in [4.69, 9.17) is 4.74 Å². The second kappa shape index (κ2) is 7.36. The Labute approximate surface area is 129 Å². The molecule has 0 N–H and O–H groups in total. The summed E-state index contributed by atoms with van der Waals surface area (Å²) in [6.07, 6.45) is 4.26. The lowest BCUT2D eigenvalue weighted by molar-refractivity contribution is 0.0994. The van der Waals surface area contributed by atoms with E-state index in [0.717, 1.165) is 12.2 Å². The van der Waals surface area contributed by atoms with Crippen LogP contribution in [-0.2, 0) is 0 Å². The Bertz CT molecular complexity index is 467. The smallest absolute Gasteiger partial charge is 0.178 e. The number of ketones is 1. The quantitative estimate of drug-likeness (QED) is 0.776. The van der Waals surface area contributed by atoms with Crippen LogP contribution in [0, 0.1) is 0 Å². The van der Waals surface area contributed by atoms with Crippen LogP contribution in [0.3, 0.4) is 0 Å². The highest BCUT2D eigenvalue weighted by Crippen LogP contribution is 2.37. The maximum Gasteiger partial charge on any atom is 0.178 e. The predicted octanol–water partition coefficient (Wildman–Crippen LogP) is 3.68. The summed E-state index contributed by atoms with van der Waals surface area (Å²) in [4.78, 5) is 16.7. The van der Waals surface area contributed by atoms with Crippen molar-refractivity contribution in [3.8, 4) is 5.75 Å². The molecule has 0 amide bonds. The van der Waals surface area contributed by atoms with Crippen LogP contribution in [0.1, 0.15) is 37.6 Å². The molecule has 0 bridgehead atoms. The molecular formula is C15H21NO2S2. The molecule has 0 saturated carbocycles. The predicted molar refractivity (Wildman–Crippen MR) is 87.1 cm³/mol. The van der Waals surface area contributed by atoms with E-state index in [1.807, 2.05) is 17.8 Å². The Balaban J connectivity index is 2.05. The molecule has 1 saturated heterocycles. The first-order valence-corrected chi connectivity index (χ1v) is 9.00. The molecule has 0 aromatic carbocycles. The number of nitrogens with zero attached hydrogens (tertiary/aromatic N) is 1. The fourth-order valence-electron chi connectivity index (χ4n) is 1.96. The molecule has 110 valence electrons. The molecule has 1 aromatic rings. The first-order chi connectivity index (χ1) is 9.61. The van der Waals surface area contributed by atoms with E-state index in [1.165, 1.54) is 0 Å². The number of rotatable bonds is 5. The van der Waals surface area contributed by atoms with Crippen LogP contribution in [0.4, 0.5) is 0 Å². The molecule has 5 heteroatoms. The molecule has 1 aliphatic heterocycles. The van der Waals surface area contributed by atoms with Gasteiger partial charge in [0.05, 0.1) is 18.1 Å². The van der Waals surface area contributed by atoms with Gasteiger partial charge in [0.2, 0.25) is 0 Å². The van der Waals surface area contributed by atoms with E-state index < -0.39 is 0 Å². The van der Waals surface area contributed by atoms with Crippen LogP contribution in [0.25, 0.3) is 0 Å². The molecule has 2 rings (SSSR count). The van der Waals surface area contributed by atoms with Crippen molar-refractivity contribution in [1.29, 1.82) is 0 Å². The number of Topliss-reactive ketones (excluding diaryl/α,β-unsaturated/α-hetero) is 1. The minimum atomic E-state index is 0.0365. The molecule has 0 spiro atoms. The third-order valence-electron chi connectivity index (χ3n) is 3.31. The van der Waals surface area contributed by atoms with Crippen molar-refractivity contribution in [3.63, 3.8) is 0 Å². The van der Waals surface area contributed by atoms with Gasteiger partial charge in [-0.2, -0.15) is 11.8 Å². The number of pyridine rings is 1. The van der Waals surface area contributed by atoms with E-state index in [9.17, 15) is 4.79 Å². The van der Waals surface area contributed by atoms with Crippen LogP contribution in [0.2, 0.25) is 0 Å². The summed E-state index contributed by atoms with van der Waals surface area (Å²) in [5.41, 5.74) is 0.665. The van der Waals surface area contributed by atoms with Crippen molar-refractivity contribution in [2.75, 3.05) is 12.4 Å². The highest BCUT2D eigenvalue weighted by Gasteiger charge is 2.31. The average Bonchev–Trinajstić information content (AvgIpc) is 2.47. The van der Waals surface area contributed by atoms with E-state index in [-0.39, 0.29) is 11.0 Å². The van der Waals surface area contributed by atoms with Crippen molar-refractivity contribution >= 4 is 29.3 Å². The maximum atomic E-state index is 12.5. The highest BCUT2D eigenvalue weighted by atomic mass is 32.2. The van der Waals surface area contributed by atoms with Crippen LogP contribution in [0.5, 0.6) is 5.75 Å². The van der Waals surface area contributed by atoms with Gasteiger partial charge in [0.15, 0.2) is 5.78 Å². The van der Waals surface area contributed by atoms with Crippen LogP contribution in [0.15, 0.2) is 18.5 Å². The number of thioether (sulfide) groups is 2. The summed E-state index contributed by atoms with van der Waals surface area (Å²) in [6.45, 7) is 7.13. The molecule has 1 fully saturated rings. The Morgan fingerprint density at radius 2 is 2.20 bits per heavy atom. The Morgan fingerprint density at radius 3 is 2.90 bits per heavy atom. The summed E-state index contributed by atoms with van der Waals surface area (Å²) in [7, 11) is 0. The SMILES string of the molecule is CCCOc1cncc(C(=O)C2CSC(C)C(C)S2)c1. The summed E-state index contributed by atoms with van der Waals surface area (Å²) in [5, 5.41) is 1.16. The second-order valence-electron chi connectivity index (χ2n) is 4.99. The number of aromatic nitrogens is 1. The van der Waals surface area contributed by atoms with Crippen molar-refractivity contribution in [2.24, 2.45) is 0 Å². The monoisotopic (exact) mass is 311 g/mol. The van der Waals surface area contributed by atoms with Gasteiger partial charge in [-0.15, -0.1) is 11.8 Å². The van der Waals surface area contributed by atoms with Crippen LogP contribution in [-0.4, -0.2) is 38.9 Å². The standard InChI is InChI=1S/C15H21NO2S2/c1-4-5-18-13-6-12(7-16-8-13)15(17)14-9-19-10(2)11(3)20-14/h6-8,10-11,14H,4-5,9H2,1-3H3. The topological polar surface area (TPSA) is 39.2 Å². The summed E-state index contributed by atoms with van der Waals surface area (Å²) in [5.74, 6) is 1.75. The third kappa shape index (κ3) is 3.92. The lowest BCUT2D eigenvalue weighted by atomic mass is 10.1. The fraction of sp³-hybridized carbons (Fsp3) is 0.600. The minimum Gasteiger partial charge on any atom is -0.492 e. The lowest BCUT2D eigenvalue weighted by Gasteiger charge is -2.30. The van der Waals surface area contributed by atoms with Gasteiger partial charge in [-0.05, 0) is 12.5 Å². The molecule has 1 aromatic heterocycles. The van der Waals surface area contributed by atoms with E-state index >= 15 is 0 Å². The molecule has 2 heterocycles. The van der Waals surface area contributed by atoms with E-state index in [2.05, 4.69) is 25.8 Å². The second-order valence-corrected chi connectivity index (χ2v) is 7.99. The minimum absolute atomic E-state index is 0.0365. The number of ether oxygens (including phenoxy) is 1. The zero-order chi connectivity index (χ0) is 14.5. The first-order valence-electron chi connectivity index (χ1n) is 7.01. The number of carbonyl (C=O) groups is 1. The Morgan fingerprint density at radius 1 is 1.40 bits per heavy atom. The molecule has 0 radical (unpaired) electrons. The number of hydrogen-bond donors (Lipinski definition) is 0. The van der Waals surface area contributed by atoms with Crippen molar-refractivity contribution < 1.29 is 9.53 Å². The lowest BCUT2D eigenvalue weighted by Crippen LogP contribution is -2.31. The molecular weight excluding hydrogens is 290 g/mol. The Hall–Kier alpha value is -0.680. The number of hydrogen-bond acceptors (Lipinski definition) is 5. The van der Waals surface area contributed by atoms with Gasteiger partial charge in [-0.25, -0.2) is 0 Å². The van der Waals surface area contributed by atoms with E-state index in [0.29, 0.717) is 28.4 Å². The largest absolute Gasteiger partial charge is 0.492 e. The van der Waals surface area contributed by atoms with Gasteiger partial charge in [-0.1, -0.05) is 20.8 Å². The molecule has 0 aliphatic carbocycles. The van der Waals surface area contributed by atoms with Crippen molar-refractivity contribution in [3.05, 3.63) is 24.0 Å². The molecule has 1 aliphatic rings. The normalized spacial score (nSPS) is 26.2. The van der Waals surface area contributed by atoms with Gasteiger partial charge in [0, 0.05) is 28.0 Å². The molecule has 3 nitrogen and oxygen atoms in total. The van der Waals surface area contributed by atoms with Crippen molar-refractivity contribution in [2.45, 2.75) is 42.9 Å². The zero-order valence-electron chi connectivity index (χ0n) is 12.2. The van der Waals surface area contributed by atoms with Gasteiger partial charge in [0.1, 0.15) is 5.75 Å². The maximum absolute atomic E-state index is 12.5. The van der Waals surface area contributed by atoms with E-state index in [1.54, 1.807) is 24.2 Å². The third-order valence-corrected chi connectivity index (χ3v) is 6.70. The molecule has 3 unspecified atom stereocenters. The highest BCUT2D eigenvalue weighted by molar-refractivity contribution is 8.08. The Kier molecular flexibility index (Phi) is 5.78. The fourth-order valence-corrected chi connectivity index (χ4v) is 4.84. The van der Waals surface area contributed by atoms with Crippen LogP contribution < -0.4 is 4.74 Å². The van der Waals surface area contributed by atoms with Gasteiger partial charge in [0.25, 0.3) is 0 Å². The van der Waals surface area contributed by atoms with Crippen molar-refractivity contribution in [1.82, 2.24) is 4.98 Å². The average molecular weight is 311 g/mol. The number of carbonyl (C=O) groups excluding carboxylic acids is 1. The summed E-state index contributed by atoms with van der Waals surface area (Å²) < 4.78 is 5.54. The molecule has 3 atom stereocenters. The van der Waals surface area contributed by atoms with Gasteiger partial charge >= 0.3 is 0 Å².